The third-order valence-corrected chi connectivity index (χ3v) is 29.0. The van der Waals surface area contributed by atoms with Gasteiger partial charge in [0.05, 0.1) is 9.79 Å². The molecule has 656 valence electrons. The summed E-state index contributed by atoms with van der Waals surface area (Å²) < 4.78 is 29.3. The Balaban J connectivity index is 0.691. The van der Waals surface area contributed by atoms with E-state index in [2.05, 4.69) is 329 Å². The van der Waals surface area contributed by atoms with Crippen LogP contribution in [0, 0.1) is 0 Å². The van der Waals surface area contributed by atoms with Crippen molar-refractivity contribution in [2.45, 2.75) is 279 Å². The number of benzene rings is 12. The van der Waals surface area contributed by atoms with Crippen LogP contribution in [-0.2, 0) is 20.7 Å². The first-order valence-corrected chi connectivity index (χ1v) is 50.8. The highest BCUT2D eigenvalue weighted by Crippen LogP contribution is 2.57. The van der Waals surface area contributed by atoms with Crippen molar-refractivity contribution in [1.82, 2.24) is 0 Å². The molecule has 0 N–H and O–H groups in total. The van der Waals surface area contributed by atoms with Gasteiger partial charge in [0.2, 0.25) is 9.84 Å². The molecule has 0 atom stereocenters. The summed E-state index contributed by atoms with van der Waals surface area (Å²) in [6, 6.07) is 105. The molecule has 14 rings (SSSR count). The van der Waals surface area contributed by atoms with Gasteiger partial charge in [-0.05, 0) is 212 Å². The van der Waals surface area contributed by atoms with Crippen molar-refractivity contribution in [3.8, 4) is 22.3 Å². The van der Waals surface area contributed by atoms with Crippen LogP contribution in [0.4, 0.5) is 34.1 Å². The van der Waals surface area contributed by atoms with Gasteiger partial charge in [-0.15, -0.1) is 0 Å². The topological polar surface area (TPSA) is 40.6 Å². The van der Waals surface area contributed by atoms with E-state index in [9.17, 15) is 8.42 Å². The minimum atomic E-state index is -3.81. The quantitative estimate of drug-likeness (QED) is 0.0281. The largest absolute Gasteiger partial charge is 0.311 e. The molecule has 0 aromatic heterocycles. The Hall–Kier alpha value is -10.9. The van der Waals surface area contributed by atoms with Crippen LogP contribution in [0.15, 0.2) is 301 Å². The van der Waals surface area contributed by atoms with Gasteiger partial charge in [-0.3, -0.25) is 0 Å². The zero-order valence-corrected chi connectivity index (χ0v) is 77.7. The first-order chi connectivity index (χ1) is 62.6. The molecule has 0 radical (unpaired) electrons. The van der Waals surface area contributed by atoms with Gasteiger partial charge in [-0.1, -0.05) is 476 Å². The SMILES string of the molecule is CCCCCCCCCCC1(CCCCCCCCCC)c2cc(/C=C/c3ccc(N(c4ccccc4)c4ccccc4)cc3)ccc2-c2ccc(/C=C/c3ccc(S(=O)(=O)c4ccc(/C=C/c5ccc6c(c5)C(CCCCCCCCCC)(CCCCCCCCCC)c5cc(/C=C/c7ccc(N(c8ccccc8)c8ccccc8)cc7)ccc5-6)cc4)cc3)cc21. The summed E-state index contributed by atoms with van der Waals surface area (Å²) >= 11 is 0. The van der Waals surface area contributed by atoms with Crippen molar-refractivity contribution in [3.63, 3.8) is 0 Å². The number of unbranched alkanes of at least 4 members (excludes halogenated alkanes) is 28. The van der Waals surface area contributed by atoms with Crippen LogP contribution in [-0.4, -0.2) is 8.42 Å². The lowest BCUT2D eigenvalue weighted by molar-refractivity contribution is 0.397. The Kier molecular flexibility index (Phi) is 34.8. The monoisotopic (exact) mass is 1700 g/mol. The van der Waals surface area contributed by atoms with Crippen LogP contribution < -0.4 is 9.80 Å². The Morgan fingerprint density at radius 3 is 0.606 bits per heavy atom. The van der Waals surface area contributed by atoms with E-state index in [0.29, 0.717) is 9.79 Å². The van der Waals surface area contributed by atoms with E-state index in [-0.39, 0.29) is 10.8 Å². The standard InChI is InChI=1S/C122H140N2O2S/c1-5-9-13-17-21-25-29-45-89-121(90-46-30-26-22-18-14-10-6-2)117-93-101(61-57-97-65-77-109(78-66-97)123(105-49-37-33-38-50-105)106-51-39-34-40-52-106)73-85-113(117)115-87-75-103(95-119(115)121)63-59-99-69-81-111(82-70-99)127(125,126)112-83-71-100(72-84-112)60-64-104-76-88-116-114-86-74-102(62-58-98-67-79-110(80-68-98)124(107-53-41-35-42-54-107)108-55-43-36-44-56-108)94-118(114)122(120(116)96-104,91-47-31-27-23-19-15-11-7-3)92-48-32-28-24-20-16-12-8-4/h33-44,49-88,93-96H,5-32,45-48,89-92H2,1-4H3/b61-57+,62-58+,63-59+,64-60+. The van der Waals surface area contributed by atoms with Crippen molar-refractivity contribution in [2.24, 2.45) is 0 Å². The van der Waals surface area contributed by atoms with Crippen molar-refractivity contribution in [3.05, 3.63) is 358 Å². The molecule has 0 heterocycles. The first-order valence-electron chi connectivity index (χ1n) is 49.3. The Bertz CT molecular complexity index is 5130. The zero-order valence-electron chi connectivity index (χ0n) is 76.9. The smallest absolute Gasteiger partial charge is 0.206 e. The fourth-order valence-corrected chi connectivity index (χ4v) is 21.4. The predicted octanol–water partition coefficient (Wildman–Crippen LogP) is 36.8. The molecule has 0 saturated heterocycles. The van der Waals surface area contributed by atoms with Crippen LogP contribution >= 0.6 is 0 Å². The molecular weight excluding hydrogens is 1560 g/mol. The average molecular weight is 1700 g/mol. The fourth-order valence-electron chi connectivity index (χ4n) is 20.1. The normalized spacial score (nSPS) is 13.1. The van der Waals surface area contributed by atoms with Gasteiger partial charge >= 0.3 is 0 Å². The number of hydrogen-bond acceptors (Lipinski definition) is 4. The number of para-hydroxylation sites is 4. The minimum Gasteiger partial charge on any atom is -0.311 e. The van der Waals surface area contributed by atoms with E-state index in [4.69, 9.17) is 0 Å². The number of rotatable bonds is 52. The van der Waals surface area contributed by atoms with Gasteiger partial charge in [-0.25, -0.2) is 8.42 Å². The molecule has 0 fully saturated rings. The summed E-state index contributed by atoms with van der Waals surface area (Å²) in [7, 11) is -3.81. The molecule has 127 heavy (non-hydrogen) atoms. The highest BCUT2D eigenvalue weighted by Gasteiger charge is 2.44. The maximum atomic E-state index is 14.6. The molecule has 0 amide bonds. The van der Waals surface area contributed by atoms with Crippen LogP contribution in [0.5, 0.6) is 0 Å². The van der Waals surface area contributed by atoms with E-state index in [1.54, 1.807) is 24.3 Å². The van der Waals surface area contributed by atoms with Gasteiger partial charge in [0.1, 0.15) is 0 Å². The van der Waals surface area contributed by atoms with Crippen molar-refractivity contribution >= 4 is 92.6 Å². The van der Waals surface area contributed by atoms with Gasteiger partial charge < -0.3 is 9.80 Å². The summed E-state index contributed by atoms with van der Waals surface area (Å²) in [5.74, 6) is 0. The summed E-state index contributed by atoms with van der Waals surface area (Å²) in [4.78, 5) is 5.23. The third-order valence-electron chi connectivity index (χ3n) is 27.3. The number of hydrogen-bond donors (Lipinski definition) is 0. The van der Waals surface area contributed by atoms with E-state index < -0.39 is 9.84 Å². The molecule has 4 nitrogen and oxygen atoms in total. The maximum Gasteiger partial charge on any atom is 0.206 e. The van der Waals surface area contributed by atoms with Gasteiger partial charge in [-0.2, -0.15) is 0 Å². The van der Waals surface area contributed by atoms with Crippen LogP contribution in [0.3, 0.4) is 0 Å². The van der Waals surface area contributed by atoms with Crippen molar-refractivity contribution < 1.29 is 8.42 Å². The summed E-state index contributed by atoms with van der Waals surface area (Å²) in [5.41, 5.74) is 27.0. The Labute approximate surface area is 765 Å². The molecule has 2 aliphatic carbocycles. The second kappa shape index (κ2) is 47.8. The second-order valence-corrected chi connectivity index (χ2v) is 38.4. The lowest BCUT2D eigenvalue weighted by Crippen LogP contribution is -2.25. The van der Waals surface area contributed by atoms with Crippen LogP contribution in [0.2, 0.25) is 0 Å². The lowest BCUT2D eigenvalue weighted by Gasteiger charge is -2.33. The van der Waals surface area contributed by atoms with Gasteiger partial charge in [0.25, 0.3) is 0 Å². The van der Waals surface area contributed by atoms with Gasteiger partial charge in [0, 0.05) is 45.0 Å². The first kappa shape index (κ1) is 92.3. The van der Waals surface area contributed by atoms with E-state index in [1.807, 2.05) is 24.3 Å². The summed E-state index contributed by atoms with van der Waals surface area (Å²) in [6.07, 6.45) is 63.9. The molecule has 0 unspecified atom stereocenters. The molecule has 0 aliphatic heterocycles. The third kappa shape index (κ3) is 24.5. The van der Waals surface area contributed by atoms with E-state index in [1.165, 1.54) is 283 Å². The molecule has 12 aromatic carbocycles. The van der Waals surface area contributed by atoms with Crippen LogP contribution in [0.25, 0.3) is 70.9 Å². The zero-order chi connectivity index (χ0) is 87.6. The minimum absolute atomic E-state index is 0.117. The van der Waals surface area contributed by atoms with Crippen molar-refractivity contribution in [2.75, 3.05) is 9.80 Å². The number of sulfone groups is 1. The fraction of sp³-hybridized carbons (Fsp3) is 0.344. The lowest BCUT2D eigenvalue weighted by atomic mass is 9.70. The molecule has 0 bridgehead atoms. The highest BCUT2D eigenvalue weighted by molar-refractivity contribution is 7.91. The van der Waals surface area contributed by atoms with E-state index in [0.717, 1.165) is 70.9 Å². The molecule has 12 aromatic rings. The number of anilines is 6. The van der Waals surface area contributed by atoms with Gasteiger partial charge in [0.15, 0.2) is 0 Å². The summed E-state index contributed by atoms with van der Waals surface area (Å²) in [5, 5.41) is 0. The van der Waals surface area contributed by atoms with E-state index >= 15 is 0 Å². The molecule has 2 aliphatic rings. The molecule has 5 heteroatoms. The number of nitrogens with zero attached hydrogens (tertiary/aromatic N) is 2. The molecular formula is C122H140N2O2S. The average Bonchev–Trinajstić information content (AvgIpc) is 1.57. The predicted molar refractivity (Wildman–Crippen MR) is 551 cm³/mol. The Morgan fingerprint density at radius 2 is 0.386 bits per heavy atom. The number of fused-ring (bicyclic) bond motifs is 6. The van der Waals surface area contributed by atoms with Crippen molar-refractivity contribution in [1.29, 1.82) is 0 Å². The molecule has 0 saturated carbocycles. The second-order valence-electron chi connectivity index (χ2n) is 36.5. The highest BCUT2D eigenvalue weighted by atomic mass is 32.2. The maximum absolute atomic E-state index is 14.6. The van der Waals surface area contributed by atoms with Crippen LogP contribution in [0.1, 0.15) is 326 Å². The Morgan fingerprint density at radius 1 is 0.205 bits per heavy atom. The summed E-state index contributed by atoms with van der Waals surface area (Å²) in [6.45, 7) is 9.24. The molecule has 0 spiro atoms.